The van der Waals surface area contributed by atoms with E-state index in [0.717, 1.165) is 20.3 Å². The molecule has 2 heterocycles. The summed E-state index contributed by atoms with van der Waals surface area (Å²) < 4.78 is 17.3. The highest BCUT2D eigenvalue weighted by atomic mass is 32.2. The minimum atomic E-state index is -0.213. The normalized spacial score (nSPS) is 10.7. The second kappa shape index (κ2) is 7.54. The SMILES string of the molecule is CNc1nccc(-c2ccc(SNCc3ccc(F)cc3)s2)n1. The summed E-state index contributed by atoms with van der Waals surface area (Å²) in [6.07, 6.45) is 1.74. The fraction of sp³-hybridized carbons (Fsp3) is 0.125. The average molecular weight is 346 g/mol. The molecule has 0 radical (unpaired) electrons. The first-order valence-electron chi connectivity index (χ1n) is 7.00. The van der Waals surface area contributed by atoms with E-state index in [1.54, 1.807) is 48.7 Å². The van der Waals surface area contributed by atoms with Gasteiger partial charge in [-0.1, -0.05) is 12.1 Å². The predicted octanol–water partition coefficient (Wildman–Crippen LogP) is 4.18. The smallest absolute Gasteiger partial charge is 0.222 e. The highest BCUT2D eigenvalue weighted by Crippen LogP contribution is 2.32. The monoisotopic (exact) mass is 346 g/mol. The number of anilines is 1. The third-order valence-corrected chi connectivity index (χ3v) is 5.10. The second-order valence-electron chi connectivity index (χ2n) is 4.68. The molecule has 0 aliphatic heterocycles. The lowest BCUT2D eigenvalue weighted by Crippen LogP contribution is -2.02. The molecule has 2 aromatic heterocycles. The number of hydrogen-bond acceptors (Lipinski definition) is 6. The Hall–Kier alpha value is -1.96. The fourth-order valence-corrected chi connectivity index (χ4v) is 3.76. The standard InChI is InChI=1S/C16H15FN4S2/c1-18-16-19-9-8-13(21-16)14-6-7-15(22-14)23-20-10-11-2-4-12(17)5-3-11/h2-9,20H,10H2,1H3,(H,18,19,21). The summed E-state index contributed by atoms with van der Waals surface area (Å²) in [5, 5.41) is 2.94. The van der Waals surface area contributed by atoms with Crippen molar-refractivity contribution in [3.05, 3.63) is 60.0 Å². The Labute approximate surface area is 142 Å². The number of nitrogens with one attached hydrogen (secondary N) is 2. The molecule has 23 heavy (non-hydrogen) atoms. The molecule has 0 atom stereocenters. The van der Waals surface area contributed by atoms with E-state index in [0.29, 0.717) is 12.5 Å². The van der Waals surface area contributed by atoms with Crippen LogP contribution in [-0.4, -0.2) is 17.0 Å². The number of nitrogens with zero attached hydrogens (tertiary/aromatic N) is 2. The van der Waals surface area contributed by atoms with Crippen LogP contribution in [0.3, 0.4) is 0 Å². The van der Waals surface area contributed by atoms with E-state index in [1.807, 2.05) is 12.1 Å². The molecular formula is C16H15FN4S2. The van der Waals surface area contributed by atoms with Gasteiger partial charge >= 0.3 is 0 Å². The van der Waals surface area contributed by atoms with E-state index >= 15 is 0 Å². The Morgan fingerprint density at radius 1 is 1.13 bits per heavy atom. The molecule has 4 nitrogen and oxygen atoms in total. The van der Waals surface area contributed by atoms with Crippen LogP contribution in [0.25, 0.3) is 10.6 Å². The Kier molecular flexibility index (Phi) is 5.22. The number of benzene rings is 1. The van der Waals surface area contributed by atoms with Crippen molar-refractivity contribution in [2.24, 2.45) is 0 Å². The number of aromatic nitrogens is 2. The van der Waals surface area contributed by atoms with Crippen molar-refractivity contribution >= 4 is 29.2 Å². The summed E-state index contributed by atoms with van der Waals surface area (Å²) in [7, 11) is 1.80. The quantitative estimate of drug-likeness (QED) is 0.656. The first-order valence-corrected chi connectivity index (χ1v) is 8.63. The molecule has 7 heteroatoms. The van der Waals surface area contributed by atoms with Gasteiger partial charge < -0.3 is 5.32 Å². The summed E-state index contributed by atoms with van der Waals surface area (Å²) in [6, 6.07) is 12.5. The number of halogens is 1. The van der Waals surface area contributed by atoms with Gasteiger partial charge in [-0.3, -0.25) is 4.72 Å². The van der Waals surface area contributed by atoms with Crippen LogP contribution in [0, 0.1) is 5.82 Å². The zero-order valence-electron chi connectivity index (χ0n) is 12.4. The van der Waals surface area contributed by atoms with Crippen molar-refractivity contribution in [2.75, 3.05) is 12.4 Å². The van der Waals surface area contributed by atoms with Gasteiger partial charge in [0, 0.05) is 19.8 Å². The number of thiophene rings is 1. The average Bonchev–Trinajstić information content (AvgIpc) is 3.06. The maximum Gasteiger partial charge on any atom is 0.222 e. The largest absolute Gasteiger partial charge is 0.357 e. The fourth-order valence-electron chi connectivity index (χ4n) is 1.92. The van der Waals surface area contributed by atoms with Crippen LogP contribution in [0.4, 0.5) is 10.3 Å². The number of hydrogen-bond donors (Lipinski definition) is 2. The van der Waals surface area contributed by atoms with Crippen molar-refractivity contribution in [3.63, 3.8) is 0 Å². The summed E-state index contributed by atoms with van der Waals surface area (Å²) >= 11 is 3.23. The first-order chi connectivity index (χ1) is 11.2. The van der Waals surface area contributed by atoms with Gasteiger partial charge in [0.2, 0.25) is 5.95 Å². The highest BCUT2D eigenvalue weighted by Gasteiger charge is 2.06. The molecule has 0 saturated heterocycles. The topological polar surface area (TPSA) is 49.8 Å². The maximum atomic E-state index is 12.9. The molecule has 0 saturated carbocycles. The van der Waals surface area contributed by atoms with Crippen LogP contribution < -0.4 is 10.0 Å². The van der Waals surface area contributed by atoms with Gasteiger partial charge in [0.25, 0.3) is 0 Å². The number of rotatable bonds is 6. The molecule has 118 valence electrons. The molecule has 0 unspecified atom stereocenters. The van der Waals surface area contributed by atoms with Gasteiger partial charge in [0.1, 0.15) is 5.82 Å². The summed E-state index contributed by atoms with van der Waals surface area (Å²) in [5.74, 6) is 0.398. The molecule has 0 bridgehead atoms. The van der Waals surface area contributed by atoms with Crippen LogP contribution in [0.2, 0.25) is 0 Å². The van der Waals surface area contributed by atoms with Crippen LogP contribution in [0.5, 0.6) is 0 Å². The van der Waals surface area contributed by atoms with Gasteiger partial charge in [0.05, 0.1) is 14.8 Å². The second-order valence-corrected chi connectivity index (χ2v) is 6.96. The lowest BCUT2D eigenvalue weighted by molar-refractivity contribution is 0.627. The molecule has 0 amide bonds. The molecule has 0 spiro atoms. The zero-order chi connectivity index (χ0) is 16.1. The molecule has 0 aliphatic rings. The highest BCUT2D eigenvalue weighted by molar-refractivity contribution is 7.99. The Balaban J connectivity index is 1.59. The predicted molar refractivity (Wildman–Crippen MR) is 94.0 cm³/mol. The molecule has 1 aromatic carbocycles. The Bertz CT molecular complexity index is 774. The van der Waals surface area contributed by atoms with E-state index in [2.05, 4.69) is 26.1 Å². The third kappa shape index (κ3) is 4.28. The van der Waals surface area contributed by atoms with E-state index in [4.69, 9.17) is 0 Å². The van der Waals surface area contributed by atoms with Crippen LogP contribution >= 0.6 is 23.3 Å². The van der Waals surface area contributed by atoms with Gasteiger partial charge in [0.15, 0.2) is 0 Å². The van der Waals surface area contributed by atoms with E-state index < -0.39 is 0 Å². The van der Waals surface area contributed by atoms with Crippen LogP contribution in [-0.2, 0) is 6.54 Å². The van der Waals surface area contributed by atoms with Crippen molar-refractivity contribution < 1.29 is 4.39 Å². The molecule has 2 N–H and O–H groups in total. The summed E-state index contributed by atoms with van der Waals surface area (Å²) in [4.78, 5) is 9.64. The van der Waals surface area contributed by atoms with Crippen molar-refractivity contribution in [2.45, 2.75) is 10.8 Å². The van der Waals surface area contributed by atoms with Gasteiger partial charge in [-0.25, -0.2) is 14.4 Å². The summed E-state index contributed by atoms with van der Waals surface area (Å²) in [6.45, 7) is 0.676. The molecular weight excluding hydrogens is 331 g/mol. The van der Waals surface area contributed by atoms with E-state index in [-0.39, 0.29) is 5.82 Å². The third-order valence-electron chi connectivity index (χ3n) is 3.08. The molecule has 3 rings (SSSR count). The molecule has 3 aromatic rings. The minimum absolute atomic E-state index is 0.213. The van der Waals surface area contributed by atoms with E-state index in [1.165, 1.54) is 12.1 Å². The van der Waals surface area contributed by atoms with Crippen molar-refractivity contribution in [1.82, 2.24) is 14.7 Å². The maximum absolute atomic E-state index is 12.9. The Morgan fingerprint density at radius 2 is 1.96 bits per heavy atom. The Morgan fingerprint density at radius 3 is 2.74 bits per heavy atom. The molecule has 0 fully saturated rings. The molecule has 0 aliphatic carbocycles. The van der Waals surface area contributed by atoms with E-state index in [9.17, 15) is 4.39 Å². The van der Waals surface area contributed by atoms with Crippen molar-refractivity contribution in [3.8, 4) is 10.6 Å². The lowest BCUT2D eigenvalue weighted by atomic mass is 10.2. The van der Waals surface area contributed by atoms with Crippen LogP contribution in [0.15, 0.2) is 52.9 Å². The van der Waals surface area contributed by atoms with Gasteiger partial charge in [-0.05, 0) is 47.8 Å². The minimum Gasteiger partial charge on any atom is -0.357 e. The first kappa shape index (κ1) is 15.9. The van der Waals surface area contributed by atoms with Crippen molar-refractivity contribution in [1.29, 1.82) is 0 Å². The lowest BCUT2D eigenvalue weighted by Gasteiger charge is -2.02. The van der Waals surface area contributed by atoms with Gasteiger partial charge in [-0.2, -0.15) is 0 Å². The summed E-state index contributed by atoms with van der Waals surface area (Å²) in [5.41, 5.74) is 1.95. The zero-order valence-corrected chi connectivity index (χ0v) is 14.0. The van der Waals surface area contributed by atoms with Gasteiger partial charge in [-0.15, -0.1) is 11.3 Å². The van der Waals surface area contributed by atoms with Crippen LogP contribution in [0.1, 0.15) is 5.56 Å².